The molecule has 0 amide bonds. The second-order valence-electron chi connectivity index (χ2n) is 3.96. The second-order valence-corrected chi connectivity index (χ2v) is 4.31. The lowest BCUT2D eigenvalue weighted by Gasteiger charge is -2.10. The molecule has 1 N–H and O–H groups in total. The van der Waals surface area contributed by atoms with Crippen molar-refractivity contribution in [3.63, 3.8) is 0 Å². The summed E-state index contributed by atoms with van der Waals surface area (Å²) in [4.78, 5) is 4.04. The molecule has 2 aromatic rings. The first-order chi connectivity index (χ1) is 8.70. The van der Waals surface area contributed by atoms with E-state index in [2.05, 4.69) is 16.4 Å². The summed E-state index contributed by atoms with van der Waals surface area (Å²) in [5.74, 6) is 0. The minimum Gasteiger partial charge on any atom is -0.378 e. The first-order valence-electron chi connectivity index (χ1n) is 5.54. The van der Waals surface area contributed by atoms with Crippen molar-refractivity contribution in [2.75, 3.05) is 5.32 Å². The largest absolute Gasteiger partial charge is 0.378 e. The van der Waals surface area contributed by atoms with E-state index in [1.54, 1.807) is 18.3 Å². The molecule has 1 aromatic carbocycles. The van der Waals surface area contributed by atoms with E-state index in [1.165, 1.54) is 0 Å². The lowest BCUT2D eigenvalue weighted by Crippen LogP contribution is -2.02. The number of nitriles is 1. The summed E-state index contributed by atoms with van der Waals surface area (Å²) in [5.41, 5.74) is 3.66. The average molecular weight is 258 g/mol. The summed E-state index contributed by atoms with van der Waals surface area (Å²) < 4.78 is 0. The van der Waals surface area contributed by atoms with Crippen molar-refractivity contribution in [1.29, 1.82) is 5.26 Å². The molecule has 1 aromatic heterocycles. The monoisotopic (exact) mass is 257 g/mol. The van der Waals surface area contributed by atoms with Crippen LogP contribution in [0.4, 0.5) is 5.69 Å². The lowest BCUT2D eigenvalue weighted by atomic mass is 10.1. The molecule has 0 atom stereocenters. The van der Waals surface area contributed by atoms with Gasteiger partial charge in [0.1, 0.15) is 0 Å². The second kappa shape index (κ2) is 5.52. The topological polar surface area (TPSA) is 48.7 Å². The van der Waals surface area contributed by atoms with Gasteiger partial charge in [-0.1, -0.05) is 23.7 Å². The number of halogens is 1. The highest BCUT2D eigenvalue weighted by atomic mass is 35.5. The van der Waals surface area contributed by atoms with Gasteiger partial charge >= 0.3 is 0 Å². The Labute approximate surface area is 111 Å². The van der Waals surface area contributed by atoms with Crippen molar-refractivity contribution in [3.05, 3.63) is 58.4 Å². The van der Waals surface area contributed by atoms with Crippen LogP contribution in [0.2, 0.25) is 5.15 Å². The van der Waals surface area contributed by atoms with Crippen molar-refractivity contribution in [1.82, 2.24) is 4.98 Å². The van der Waals surface area contributed by atoms with Gasteiger partial charge in [0.05, 0.1) is 17.3 Å². The molecule has 0 aliphatic heterocycles. The summed E-state index contributed by atoms with van der Waals surface area (Å²) in [6, 6.07) is 11.4. The van der Waals surface area contributed by atoms with Gasteiger partial charge in [0.2, 0.25) is 0 Å². The van der Waals surface area contributed by atoms with Gasteiger partial charge in [-0.2, -0.15) is 5.26 Å². The van der Waals surface area contributed by atoms with E-state index in [9.17, 15) is 0 Å². The molecular weight excluding hydrogens is 246 g/mol. The minimum absolute atomic E-state index is 0.476. The molecule has 3 nitrogen and oxygen atoms in total. The standard InChI is InChI=1S/C14H12ClN3/c1-10-6-7-17-14(15)13(10)18-9-12-4-2-11(8-16)3-5-12/h2-7,18H,9H2,1H3. The fourth-order valence-electron chi connectivity index (χ4n) is 1.63. The third-order valence-electron chi connectivity index (χ3n) is 2.67. The van der Waals surface area contributed by atoms with E-state index < -0.39 is 0 Å². The fraction of sp³-hybridized carbons (Fsp3) is 0.143. The quantitative estimate of drug-likeness (QED) is 0.856. The normalized spacial score (nSPS) is 9.83. The van der Waals surface area contributed by atoms with Crippen LogP contribution >= 0.6 is 11.6 Å². The molecule has 1 heterocycles. The number of anilines is 1. The molecule has 0 aliphatic carbocycles. The van der Waals surface area contributed by atoms with Crippen LogP contribution in [-0.4, -0.2) is 4.98 Å². The van der Waals surface area contributed by atoms with E-state index in [0.717, 1.165) is 16.8 Å². The van der Waals surface area contributed by atoms with Crippen LogP contribution in [0.15, 0.2) is 36.5 Å². The molecule has 0 spiro atoms. The summed E-state index contributed by atoms with van der Waals surface area (Å²) in [7, 11) is 0. The number of aromatic nitrogens is 1. The molecule has 18 heavy (non-hydrogen) atoms. The van der Waals surface area contributed by atoms with Crippen molar-refractivity contribution < 1.29 is 0 Å². The van der Waals surface area contributed by atoms with Crippen molar-refractivity contribution >= 4 is 17.3 Å². The van der Waals surface area contributed by atoms with Crippen LogP contribution < -0.4 is 5.32 Å². The number of pyridine rings is 1. The maximum atomic E-state index is 8.72. The number of hydrogen-bond donors (Lipinski definition) is 1. The molecule has 0 bridgehead atoms. The van der Waals surface area contributed by atoms with Gasteiger partial charge in [-0.3, -0.25) is 0 Å². The summed E-state index contributed by atoms with van der Waals surface area (Å²) in [5, 5.41) is 12.5. The van der Waals surface area contributed by atoms with E-state index in [4.69, 9.17) is 16.9 Å². The molecular formula is C14H12ClN3. The van der Waals surface area contributed by atoms with Crippen LogP contribution in [0.3, 0.4) is 0 Å². The highest BCUT2D eigenvalue weighted by molar-refractivity contribution is 6.32. The fourth-order valence-corrected chi connectivity index (χ4v) is 1.90. The van der Waals surface area contributed by atoms with Gasteiger partial charge in [-0.05, 0) is 36.2 Å². The summed E-state index contributed by atoms with van der Waals surface area (Å²) >= 11 is 6.03. The van der Waals surface area contributed by atoms with E-state index in [-0.39, 0.29) is 0 Å². The van der Waals surface area contributed by atoms with Crippen LogP contribution in [0, 0.1) is 18.3 Å². The molecule has 2 rings (SSSR count). The number of nitrogens with one attached hydrogen (secondary N) is 1. The zero-order valence-electron chi connectivity index (χ0n) is 9.94. The van der Waals surface area contributed by atoms with Crippen LogP contribution in [0.25, 0.3) is 0 Å². The molecule has 90 valence electrons. The number of benzene rings is 1. The van der Waals surface area contributed by atoms with Crippen LogP contribution in [0.1, 0.15) is 16.7 Å². The Kier molecular flexibility index (Phi) is 3.81. The average Bonchev–Trinajstić information content (AvgIpc) is 2.39. The Morgan fingerprint density at radius 2 is 2.00 bits per heavy atom. The number of aryl methyl sites for hydroxylation is 1. The first kappa shape index (κ1) is 12.4. The van der Waals surface area contributed by atoms with E-state index in [0.29, 0.717) is 17.3 Å². The Bertz CT molecular complexity index is 565. The Balaban J connectivity index is 2.09. The third kappa shape index (κ3) is 2.79. The van der Waals surface area contributed by atoms with Gasteiger partial charge < -0.3 is 5.32 Å². The molecule has 0 unspecified atom stereocenters. The third-order valence-corrected chi connectivity index (χ3v) is 2.95. The summed E-state index contributed by atoms with van der Waals surface area (Å²) in [6.07, 6.45) is 1.69. The molecule has 4 heteroatoms. The van der Waals surface area contributed by atoms with Gasteiger partial charge in [-0.15, -0.1) is 0 Å². The SMILES string of the molecule is Cc1ccnc(Cl)c1NCc1ccc(C#N)cc1. The number of rotatable bonds is 3. The first-order valence-corrected chi connectivity index (χ1v) is 5.92. The molecule has 0 radical (unpaired) electrons. The maximum absolute atomic E-state index is 8.72. The lowest BCUT2D eigenvalue weighted by molar-refractivity contribution is 1.12. The van der Waals surface area contributed by atoms with Crippen LogP contribution in [-0.2, 0) is 6.54 Å². The van der Waals surface area contributed by atoms with E-state index >= 15 is 0 Å². The van der Waals surface area contributed by atoms with Gasteiger partial charge in [-0.25, -0.2) is 4.98 Å². The number of nitrogens with zero attached hydrogens (tertiary/aromatic N) is 2. The van der Waals surface area contributed by atoms with Crippen molar-refractivity contribution in [2.45, 2.75) is 13.5 Å². The number of hydrogen-bond acceptors (Lipinski definition) is 3. The highest BCUT2D eigenvalue weighted by Gasteiger charge is 2.04. The molecule has 0 saturated heterocycles. The highest BCUT2D eigenvalue weighted by Crippen LogP contribution is 2.23. The zero-order chi connectivity index (χ0) is 13.0. The molecule has 0 fully saturated rings. The molecule has 0 saturated carbocycles. The van der Waals surface area contributed by atoms with E-state index in [1.807, 2.05) is 25.1 Å². The van der Waals surface area contributed by atoms with Crippen LogP contribution in [0.5, 0.6) is 0 Å². The minimum atomic E-state index is 0.476. The zero-order valence-corrected chi connectivity index (χ0v) is 10.7. The van der Waals surface area contributed by atoms with Gasteiger partial charge in [0, 0.05) is 12.7 Å². The summed E-state index contributed by atoms with van der Waals surface area (Å²) in [6.45, 7) is 2.63. The predicted octanol–water partition coefficient (Wildman–Crippen LogP) is 3.53. The smallest absolute Gasteiger partial charge is 0.152 e. The Hall–Kier alpha value is -2.05. The molecule has 0 aliphatic rings. The van der Waals surface area contributed by atoms with Gasteiger partial charge in [0.15, 0.2) is 5.15 Å². The Morgan fingerprint density at radius 1 is 1.28 bits per heavy atom. The Morgan fingerprint density at radius 3 is 2.61 bits per heavy atom. The van der Waals surface area contributed by atoms with Crippen molar-refractivity contribution in [2.24, 2.45) is 0 Å². The van der Waals surface area contributed by atoms with Gasteiger partial charge in [0.25, 0.3) is 0 Å². The van der Waals surface area contributed by atoms with Crippen molar-refractivity contribution in [3.8, 4) is 6.07 Å². The predicted molar refractivity (Wildman–Crippen MR) is 72.5 cm³/mol. The maximum Gasteiger partial charge on any atom is 0.152 e.